The van der Waals surface area contributed by atoms with E-state index in [4.69, 9.17) is 0 Å². The normalized spacial score (nSPS) is 25.8. The highest BCUT2D eigenvalue weighted by atomic mass is 32.2. The van der Waals surface area contributed by atoms with Gasteiger partial charge in [-0.05, 0) is 18.8 Å². The van der Waals surface area contributed by atoms with Crippen molar-refractivity contribution < 1.29 is 4.79 Å². The average molecular weight is 171 g/mol. The van der Waals surface area contributed by atoms with Crippen LogP contribution >= 0.6 is 11.8 Å². The van der Waals surface area contributed by atoms with Gasteiger partial charge in [-0.2, -0.15) is 11.8 Å². The molecule has 0 unspecified atom stereocenters. The molecule has 1 aliphatic carbocycles. The van der Waals surface area contributed by atoms with Crippen molar-refractivity contribution >= 4 is 17.7 Å². The molecule has 0 spiro atoms. The van der Waals surface area contributed by atoms with Crippen molar-refractivity contribution in [1.82, 2.24) is 4.90 Å². The lowest BCUT2D eigenvalue weighted by Crippen LogP contribution is -2.39. The predicted octanol–water partition coefficient (Wildman–Crippen LogP) is 0.972. The molecule has 3 heteroatoms. The SMILES string of the molecule is O=C1CSCCN1CC1CC1. The maximum absolute atomic E-state index is 11.3. The lowest BCUT2D eigenvalue weighted by atomic mass is 10.3. The van der Waals surface area contributed by atoms with Gasteiger partial charge in [0, 0.05) is 18.8 Å². The van der Waals surface area contributed by atoms with Crippen LogP contribution < -0.4 is 0 Å². The van der Waals surface area contributed by atoms with Crippen molar-refractivity contribution in [3.63, 3.8) is 0 Å². The van der Waals surface area contributed by atoms with Gasteiger partial charge in [0.1, 0.15) is 0 Å². The maximum atomic E-state index is 11.3. The number of carbonyl (C=O) groups is 1. The minimum absolute atomic E-state index is 0.355. The zero-order valence-electron chi connectivity index (χ0n) is 6.58. The summed E-state index contributed by atoms with van der Waals surface area (Å²) < 4.78 is 0. The minimum atomic E-state index is 0.355. The summed E-state index contributed by atoms with van der Waals surface area (Å²) in [7, 11) is 0. The number of rotatable bonds is 2. The Morgan fingerprint density at radius 1 is 1.55 bits per heavy atom. The highest BCUT2D eigenvalue weighted by Crippen LogP contribution is 2.30. The van der Waals surface area contributed by atoms with E-state index in [1.54, 1.807) is 11.8 Å². The Morgan fingerprint density at radius 2 is 2.36 bits per heavy atom. The maximum Gasteiger partial charge on any atom is 0.232 e. The third-order valence-electron chi connectivity index (χ3n) is 2.26. The molecule has 0 aromatic heterocycles. The molecule has 2 aliphatic rings. The Balaban J connectivity index is 1.83. The zero-order valence-corrected chi connectivity index (χ0v) is 7.40. The fraction of sp³-hybridized carbons (Fsp3) is 0.875. The highest BCUT2D eigenvalue weighted by molar-refractivity contribution is 8.00. The van der Waals surface area contributed by atoms with E-state index < -0.39 is 0 Å². The van der Waals surface area contributed by atoms with Crippen molar-refractivity contribution in [3.05, 3.63) is 0 Å². The van der Waals surface area contributed by atoms with Crippen LogP contribution in [0.5, 0.6) is 0 Å². The molecule has 11 heavy (non-hydrogen) atoms. The van der Waals surface area contributed by atoms with Gasteiger partial charge in [-0.25, -0.2) is 0 Å². The first-order valence-electron chi connectivity index (χ1n) is 4.22. The molecule has 0 atom stereocenters. The van der Waals surface area contributed by atoms with Crippen molar-refractivity contribution in [2.24, 2.45) is 5.92 Å². The summed E-state index contributed by atoms with van der Waals surface area (Å²) in [6.07, 6.45) is 2.69. The molecule has 1 aliphatic heterocycles. The molecule has 0 N–H and O–H groups in total. The van der Waals surface area contributed by atoms with Crippen LogP contribution in [-0.4, -0.2) is 35.4 Å². The van der Waals surface area contributed by atoms with E-state index in [9.17, 15) is 4.79 Å². The van der Waals surface area contributed by atoms with E-state index in [-0.39, 0.29) is 0 Å². The van der Waals surface area contributed by atoms with Gasteiger partial charge in [-0.1, -0.05) is 0 Å². The molecule has 0 radical (unpaired) electrons. The molecule has 0 bridgehead atoms. The molecule has 0 aromatic carbocycles. The molecule has 1 heterocycles. The Hall–Kier alpha value is -0.180. The van der Waals surface area contributed by atoms with E-state index in [2.05, 4.69) is 0 Å². The quantitative estimate of drug-likeness (QED) is 0.617. The number of nitrogens with zero attached hydrogens (tertiary/aromatic N) is 1. The first-order chi connectivity index (χ1) is 5.36. The Bertz CT molecular complexity index is 167. The summed E-state index contributed by atoms with van der Waals surface area (Å²) >= 11 is 1.76. The fourth-order valence-corrected chi connectivity index (χ4v) is 2.21. The number of hydrogen-bond acceptors (Lipinski definition) is 2. The summed E-state index contributed by atoms with van der Waals surface area (Å²) in [6.45, 7) is 2.03. The number of hydrogen-bond donors (Lipinski definition) is 0. The molecule has 0 aromatic rings. The van der Waals surface area contributed by atoms with Gasteiger partial charge in [-0.15, -0.1) is 0 Å². The van der Waals surface area contributed by atoms with Crippen molar-refractivity contribution in [3.8, 4) is 0 Å². The monoisotopic (exact) mass is 171 g/mol. The Labute approximate surface area is 71.3 Å². The first kappa shape index (κ1) is 7.47. The van der Waals surface area contributed by atoms with Crippen LogP contribution in [0.25, 0.3) is 0 Å². The second kappa shape index (κ2) is 3.05. The molecular weight excluding hydrogens is 158 g/mol. The van der Waals surface area contributed by atoms with Gasteiger partial charge in [0.25, 0.3) is 0 Å². The van der Waals surface area contributed by atoms with Gasteiger partial charge >= 0.3 is 0 Å². The molecule has 1 saturated carbocycles. The minimum Gasteiger partial charge on any atom is -0.341 e. The average Bonchev–Trinajstić information content (AvgIpc) is 2.78. The van der Waals surface area contributed by atoms with Crippen LogP contribution in [-0.2, 0) is 4.79 Å². The van der Waals surface area contributed by atoms with Crippen LogP contribution in [0.4, 0.5) is 0 Å². The van der Waals surface area contributed by atoms with Crippen LogP contribution in [0.2, 0.25) is 0 Å². The smallest absolute Gasteiger partial charge is 0.232 e. The third-order valence-corrected chi connectivity index (χ3v) is 3.18. The summed E-state index contributed by atoms with van der Waals surface area (Å²) in [5.74, 6) is 3.06. The van der Waals surface area contributed by atoms with Gasteiger partial charge in [0.05, 0.1) is 5.75 Å². The second-order valence-corrected chi connectivity index (χ2v) is 4.44. The topological polar surface area (TPSA) is 20.3 Å². The summed E-state index contributed by atoms with van der Waals surface area (Å²) in [5, 5.41) is 0. The predicted molar refractivity (Wildman–Crippen MR) is 46.6 cm³/mol. The molecule has 1 amide bonds. The first-order valence-corrected chi connectivity index (χ1v) is 5.37. The van der Waals surface area contributed by atoms with E-state index >= 15 is 0 Å². The van der Waals surface area contributed by atoms with Gasteiger partial charge in [-0.3, -0.25) is 4.79 Å². The van der Waals surface area contributed by atoms with E-state index in [0.717, 1.165) is 24.8 Å². The highest BCUT2D eigenvalue weighted by Gasteiger charge is 2.27. The molecule has 62 valence electrons. The van der Waals surface area contributed by atoms with Crippen LogP contribution in [0.1, 0.15) is 12.8 Å². The van der Waals surface area contributed by atoms with Gasteiger partial charge in [0.15, 0.2) is 0 Å². The van der Waals surface area contributed by atoms with Crippen LogP contribution in [0.15, 0.2) is 0 Å². The standard InChI is InChI=1S/C8H13NOS/c10-8-6-11-4-3-9(8)5-7-1-2-7/h7H,1-6H2. The Kier molecular flexibility index (Phi) is 2.07. The summed E-state index contributed by atoms with van der Waals surface area (Å²) in [6, 6.07) is 0. The van der Waals surface area contributed by atoms with E-state index in [0.29, 0.717) is 11.7 Å². The largest absolute Gasteiger partial charge is 0.341 e. The summed E-state index contributed by atoms with van der Waals surface area (Å²) in [4.78, 5) is 13.3. The van der Waals surface area contributed by atoms with E-state index in [1.807, 2.05) is 4.90 Å². The Morgan fingerprint density at radius 3 is 3.00 bits per heavy atom. The molecule has 2 rings (SSSR count). The molecule has 2 fully saturated rings. The van der Waals surface area contributed by atoms with Crippen LogP contribution in [0, 0.1) is 5.92 Å². The van der Waals surface area contributed by atoms with Crippen molar-refractivity contribution in [2.75, 3.05) is 24.6 Å². The van der Waals surface area contributed by atoms with Crippen molar-refractivity contribution in [1.29, 1.82) is 0 Å². The lowest BCUT2D eigenvalue weighted by molar-refractivity contribution is -0.128. The molecule has 1 saturated heterocycles. The number of amides is 1. The van der Waals surface area contributed by atoms with Crippen LogP contribution in [0.3, 0.4) is 0 Å². The number of carbonyl (C=O) groups excluding carboxylic acids is 1. The zero-order chi connectivity index (χ0) is 7.68. The van der Waals surface area contributed by atoms with E-state index in [1.165, 1.54) is 12.8 Å². The third kappa shape index (κ3) is 1.89. The van der Waals surface area contributed by atoms with Gasteiger partial charge < -0.3 is 4.90 Å². The lowest BCUT2D eigenvalue weighted by Gasteiger charge is -2.26. The number of thioether (sulfide) groups is 1. The van der Waals surface area contributed by atoms with Crippen molar-refractivity contribution in [2.45, 2.75) is 12.8 Å². The molecule has 2 nitrogen and oxygen atoms in total. The fourth-order valence-electron chi connectivity index (χ4n) is 1.36. The molecular formula is C8H13NOS. The summed E-state index contributed by atoms with van der Waals surface area (Å²) in [5.41, 5.74) is 0. The van der Waals surface area contributed by atoms with Gasteiger partial charge in [0.2, 0.25) is 5.91 Å². The second-order valence-electron chi connectivity index (χ2n) is 3.34.